The van der Waals surface area contributed by atoms with Gasteiger partial charge in [-0.3, -0.25) is 0 Å². The highest BCUT2D eigenvalue weighted by Gasteiger charge is 2.33. The van der Waals surface area contributed by atoms with Crippen LogP contribution in [0.1, 0.15) is 43.2 Å². The Labute approximate surface area is 126 Å². The minimum Gasteiger partial charge on any atom is -0.372 e. The van der Waals surface area contributed by atoms with Gasteiger partial charge in [0.25, 0.3) is 0 Å². The first kappa shape index (κ1) is 15.7. The van der Waals surface area contributed by atoms with Gasteiger partial charge in [0, 0.05) is 24.1 Å². The van der Waals surface area contributed by atoms with Gasteiger partial charge in [0.1, 0.15) is 0 Å². The fourth-order valence-electron chi connectivity index (χ4n) is 2.65. The molecule has 0 saturated carbocycles. The second-order valence-corrected chi connectivity index (χ2v) is 5.79. The highest BCUT2D eigenvalue weighted by atomic mass is 79.9. The van der Waals surface area contributed by atoms with E-state index in [1.807, 2.05) is 6.07 Å². The molecule has 0 aliphatic carbocycles. The van der Waals surface area contributed by atoms with Crippen LogP contribution in [0.5, 0.6) is 0 Å². The quantitative estimate of drug-likeness (QED) is 0.648. The van der Waals surface area contributed by atoms with Crippen molar-refractivity contribution in [1.29, 1.82) is 0 Å². The third kappa shape index (κ3) is 3.90. The highest BCUT2D eigenvalue weighted by molar-refractivity contribution is 9.08. The lowest BCUT2D eigenvalue weighted by atomic mass is 10.0. The third-order valence-corrected chi connectivity index (χ3v) is 4.37. The third-order valence-electron chi connectivity index (χ3n) is 3.76. The Kier molecular flexibility index (Phi) is 5.35. The number of hydrogen-bond donors (Lipinski definition) is 0. The van der Waals surface area contributed by atoms with Crippen LogP contribution >= 0.6 is 15.9 Å². The van der Waals surface area contributed by atoms with Crippen molar-refractivity contribution in [2.24, 2.45) is 0 Å². The summed E-state index contributed by atoms with van der Waals surface area (Å²) in [5.41, 5.74) is 0.478. The molecule has 1 aromatic carbocycles. The molecule has 1 aromatic rings. The molecule has 0 spiro atoms. The molecule has 1 nitrogen and oxygen atoms in total. The van der Waals surface area contributed by atoms with Crippen LogP contribution in [0.15, 0.2) is 18.2 Å². The zero-order valence-corrected chi connectivity index (χ0v) is 12.9. The SMILES string of the molecule is FC(F)(F)c1cc(N2CCCCCCC2)ccc1CBr. The van der Waals surface area contributed by atoms with E-state index in [-0.39, 0.29) is 5.33 Å². The molecular formula is C15H19BrF3N. The summed E-state index contributed by atoms with van der Waals surface area (Å²) in [6.45, 7) is 1.70. The molecule has 1 aliphatic heterocycles. The Morgan fingerprint density at radius 3 is 2.15 bits per heavy atom. The van der Waals surface area contributed by atoms with Crippen molar-refractivity contribution >= 4 is 21.6 Å². The molecule has 1 heterocycles. The fourth-order valence-corrected chi connectivity index (χ4v) is 3.14. The van der Waals surface area contributed by atoms with Crippen molar-refractivity contribution in [3.63, 3.8) is 0 Å². The van der Waals surface area contributed by atoms with Crippen LogP contribution in [0, 0.1) is 0 Å². The molecule has 1 aliphatic rings. The lowest BCUT2D eigenvalue weighted by Crippen LogP contribution is -2.27. The topological polar surface area (TPSA) is 3.24 Å². The monoisotopic (exact) mass is 349 g/mol. The summed E-state index contributed by atoms with van der Waals surface area (Å²) in [5.74, 6) is 0. The van der Waals surface area contributed by atoms with E-state index >= 15 is 0 Å². The van der Waals surface area contributed by atoms with Crippen molar-refractivity contribution in [1.82, 2.24) is 0 Å². The van der Waals surface area contributed by atoms with E-state index < -0.39 is 11.7 Å². The maximum atomic E-state index is 13.1. The van der Waals surface area contributed by atoms with Crippen LogP contribution in [0.3, 0.4) is 0 Å². The van der Waals surface area contributed by atoms with Crippen LogP contribution in [0.2, 0.25) is 0 Å². The van der Waals surface area contributed by atoms with Crippen LogP contribution in [0.25, 0.3) is 0 Å². The molecule has 0 aromatic heterocycles. The minimum atomic E-state index is -4.29. The van der Waals surface area contributed by atoms with E-state index in [2.05, 4.69) is 20.8 Å². The van der Waals surface area contributed by atoms with Gasteiger partial charge >= 0.3 is 6.18 Å². The van der Waals surface area contributed by atoms with Crippen LogP contribution in [0.4, 0.5) is 18.9 Å². The fraction of sp³-hybridized carbons (Fsp3) is 0.600. The number of alkyl halides is 4. The molecule has 2 rings (SSSR count). The molecule has 0 radical (unpaired) electrons. The van der Waals surface area contributed by atoms with E-state index in [0.29, 0.717) is 11.3 Å². The first-order valence-corrected chi connectivity index (χ1v) is 8.15. The molecule has 0 bridgehead atoms. The standard InChI is InChI=1S/C15H19BrF3N/c16-11-12-6-7-13(10-14(12)15(17,18)19)20-8-4-2-1-3-5-9-20/h6-7,10H,1-5,8-9,11H2. The number of rotatable bonds is 2. The summed E-state index contributed by atoms with van der Waals surface area (Å²) in [4.78, 5) is 2.09. The molecule has 0 amide bonds. The molecular weight excluding hydrogens is 331 g/mol. The number of anilines is 1. The number of benzene rings is 1. The van der Waals surface area contributed by atoms with Gasteiger partial charge in [0.2, 0.25) is 0 Å². The molecule has 0 N–H and O–H groups in total. The van der Waals surface area contributed by atoms with Gasteiger partial charge in [-0.1, -0.05) is 41.3 Å². The van der Waals surface area contributed by atoms with Crippen LogP contribution in [-0.4, -0.2) is 13.1 Å². The molecule has 1 saturated heterocycles. The molecule has 0 atom stereocenters. The first-order valence-electron chi connectivity index (χ1n) is 7.03. The van der Waals surface area contributed by atoms with Crippen LogP contribution < -0.4 is 4.90 Å². The zero-order chi connectivity index (χ0) is 14.6. The molecule has 112 valence electrons. The predicted octanol–water partition coefficient (Wildman–Crippen LogP) is 5.37. The van der Waals surface area contributed by atoms with E-state index in [1.54, 1.807) is 6.07 Å². The molecule has 5 heteroatoms. The van der Waals surface area contributed by atoms with Gasteiger partial charge < -0.3 is 4.90 Å². The highest BCUT2D eigenvalue weighted by Crippen LogP contribution is 2.35. The maximum Gasteiger partial charge on any atom is 0.416 e. The first-order chi connectivity index (χ1) is 9.52. The maximum absolute atomic E-state index is 13.1. The lowest BCUT2D eigenvalue weighted by Gasteiger charge is -2.28. The van der Waals surface area contributed by atoms with Crippen molar-refractivity contribution < 1.29 is 13.2 Å². The van der Waals surface area contributed by atoms with Gasteiger partial charge in [-0.2, -0.15) is 13.2 Å². The van der Waals surface area contributed by atoms with E-state index in [1.165, 1.54) is 25.3 Å². The number of hydrogen-bond acceptors (Lipinski definition) is 1. The average molecular weight is 350 g/mol. The van der Waals surface area contributed by atoms with Gasteiger partial charge in [0.15, 0.2) is 0 Å². The number of nitrogens with zero attached hydrogens (tertiary/aromatic N) is 1. The normalized spacial score (nSPS) is 17.7. The van der Waals surface area contributed by atoms with Crippen molar-refractivity contribution in [3.8, 4) is 0 Å². The van der Waals surface area contributed by atoms with Crippen molar-refractivity contribution in [3.05, 3.63) is 29.3 Å². The second-order valence-electron chi connectivity index (χ2n) is 5.23. The Morgan fingerprint density at radius 1 is 1.00 bits per heavy atom. The summed E-state index contributed by atoms with van der Waals surface area (Å²) < 4.78 is 39.3. The van der Waals surface area contributed by atoms with Gasteiger partial charge in [-0.15, -0.1) is 0 Å². The smallest absolute Gasteiger partial charge is 0.372 e. The van der Waals surface area contributed by atoms with Gasteiger partial charge in [-0.25, -0.2) is 0 Å². The summed E-state index contributed by atoms with van der Waals surface area (Å²) in [6.07, 6.45) is 1.40. The van der Waals surface area contributed by atoms with Crippen molar-refractivity contribution in [2.45, 2.75) is 43.6 Å². The Balaban J connectivity index is 2.27. The van der Waals surface area contributed by atoms with Crippen LogP contribution in [-0.2, 0) is 11.5 Å². The van der Waals surface area contributed by atoms with Gasteiger partial charge in [-0.05, 0) is 30.5 Å². The largest absolute Gasteiger partial charge is 0.416 e. The summed E-state index contributed by atoms with van der Waals surface area (Å²) >= 11 is 3.13. The lowest BCUT2D eigenvalue weighted by molar-refractivity contribution is -0.138. The second kappa shape index (κ2) is 6.83. The molecule has 0 unspecified atom stereocenters. The summed E-state index contributed by atoms with van der Waals surface area (Å²) in [7, 11) is 0. The Morgan fingerprint density at radius 2 is 1.60 bits per heavy atom. The van der Waals surface area contributed by atoms with Crippen molar-refractivity contribution in [2.75, 3.05) is 18.0 Å². The van der Waals surface area contributed by atoms with E-state index in [4.69, 9.17) is 0 Å². The molecule has 20 heavy (non-hydrogen) atoms. The minimum absolute atomic E-state index is 0.224. The summed E-state index contributed by atoms with van der Waals surface area (Å²) in [6, 6.07) is 4.71. The van der Waals surface area contributed by atoms with E-state index in [0.717, 1.165) is 25.9 Å². The van der Waals surface area contributed by atoms with E-state index in [9.17, 15) is 13.2 Å². The molecule has 1 fully saturated rings. The number of halogens is 4. The predicted molar refractivity (Wildman–Crippen MR) is 79.4 cm³/mol. The Bertz CT molecular complexity index is 437. The summed E-state index contributed by atoms with van der Waals surface area (Å²) in [5, 5.41) is 0.224. The zero-order valence-electron chi connectivity index (χ0n) is 11.3. The average Bonchev–Trinajstić information content (AvgIpc) is 2.37. The van der Waals surface area contributed by atoms with Gasteiger partial charge in [0.05, 0.1) is 5.56 Å². The Hall–Kier alpha value is -0.710.